The fraction of sp³-hybridized carbons (Fsp3) is 0.545. The number of hydrogen-bond acceptors (Lipinski definition) is 4. The van der Waals surface area contributed by atoms with Crippen LogP contribution >= 0.6 is 0 Å². The number of hydrogen-bond donors (Lipinski definition) is 3. The minimum absolute atomic E-state index is 0.142. The molecule has 8 heteroatoms. The minimum atomic E-state index is -0.824. The lowest BCUT2D eigenvalue weighted by Gasteiger charge is -2.34. The van der Waals surface area contributed by atoms with E-state index in [2.05, 4.69) is 16.0 Å². The smallest absolute Gasteiger partial charge is 0.257 e. The summed E-state index contributed by atoms with van der Waals surface area (Å²) < 4.78 is 0. The molecule has 0 fully saturated rings. The number of fused-ring (bicyclic) bond motifs is 1. The van der Waals surface area contributed by atoms with E-state index in [4.69, 9.17) is 0 Å². The van der Waals surface area contributed by atoms with Gasteiger partial charge in [0.2, 0.25) is 17.7 Å². The Morgan fingerprint density at radius 2 is 1.93 bits per heavy atom. The normalized spacial score (nSPS) is 17.1. The first kappa shape index (κ1) is 23.4. The quantitative estimate of drug-likeness (QED) is 0.566. The van der Waals surface area contributed by atoms with Crippen molar-refractivity contribution in [1.82, 2.24) is 10.2 Å². The zero-order valence-electron chi connectivity index (χ0n) is 18.4. The number of rotatable bonds is 8. The molecule has 0 radical (unpaired) electrons. The van der Waals surface area contributed by atoms with Gasteiger partial charge in [-0.2, -0.15) is 0 Å². The van der Waals surface area contributed by atoms with Gasteiger partial charge in [0.25, 0.3) is 5.91 Å². The molecule has 1 aliphatic rings. The largest absolute Gasteiger partial charge is 0.354 e. The van der Waals surface area contributed by atoms with E-state index in [1.54, 1.807) is 19.1 Å². The van der Waals surface area contributed by atoms with E-state index in [0.29, 0.717) is 24.3 Å². The number of benzene rings is 1. The van der Waals surface area contributed by atoms with Crippen molar-refractivity contribution in [2.24, 2.45) is 5.92 Å². The number of unbranched alkanes of at least 4 members (excludes halogenated alkanes) is 1. The van der Waals surface area contributed by atoms with Gasteiger partial charge in [-0.25, -0.2) is 0 Å². The minimum Gasteiger partial charge on any atom is -0.354 e. The van der Waals surface area contributed by atoms with E-state index in [-0.39, 0.29) is 29.2 Å². The molecule has 2 atom stereocenters. The molecule has 0 bridgehead atoms. The molecule has 0 saturated carbocycles. The van der Waals surface area contributed by atoms with E-state index >= 15 is 0 Å². The van der Waals surface area contributed by atoms with Crippen LogP contribution in [0.15, 0.2) is 18.2 Å². The molecule has 1 heterocycles. The number of carbonyl (C=O) groups is 4. The van der Waals surface area contributed by atoms with Crippen molar-refractivity contribution in [2.75, 3.05) is 17.2 Å². The molecule has 1 aromatic carbocycles. The van der Waals surface area contributed by atoms with Gasteiger partial charge in [-0.1, -0.05) is 27.2 Å². The summed E-state index contributed by atoms with van der Waals surface area (Å²) in [5.74, 6) is -1.16. The Balaban J connectivity index is 2.46. The molecule has 2 rings (SSSR count). The highest BCUT2D eigenvalue weighted by atomic mass is 16.2. The maximum absolute atomic E-state index is 13.5. The van der Waals surface area contributed by atoms with Crippen LogP contribution in [0, 0.1) is 5.92 Å². The fourth-order valence-electron chi connectivity index (χ4n) is 3.50. The van der Waals surface area contributed by atoms with Gasteiger partial charge in [-0.05, 0) is 43.9 Å². The molecule has 1 aromatic rings. The predicted octanol–water partition coefficient (Wildman–Crippen LogP) is 2.76. The Morgan fingerprint density at radius 3 is 2.53 bits per heavy atom. The van der Waals surface area contributed by atoms with Crippen molar-refractivity contribution in [3.8, 4) is 0 Å². The van der Waals surface area contributed by atoms with Gasteiger partial charge in [0.05, 0.1) is 11.3 Å². The zero-order chi connectivity index (χ0) is 22.4. The second kappa shape index (κ2) is 10.2. The van der Waals surface area contributed by atoms with Crippen LogP contribution < -0.4 is 16.0 Å². The van der Waals surface area contributed by atoms with Crippen LogP contribution in [0.25, 0.3) is 0 Å². The topological polar surface area (TPSA) is 108 Å². The van der Waals surface area contributed by atoms with Crippen molar-refractivity contribution >= 4 is 35.0 Å². The number of carbonyl (C=O) groups excluding carboxylic acids is 4. The number of amides is 4. The van der Waals surface area contributed by atoms with Gasteiger partial charge in [0.15, 0.2) is 0 Å². The average molecular weight is 417 g/mol. The van der Waals surface area contributed by atoms with Crippen molar-refractivity contribution < 1.29 is 19.2 Å². The van der Waals surface area contributed by atoms with Crippen LogP contribution in [0.1, 0.15) is 64.2 Å². The number of nitrogens with zero attached hydrogens (tertiary/aromatic N) is 1. The highest BCUT2D eigenvalue weighted by molar-refractivity contribution is 6.11. The van der Waals surface area contributed by atoms with Gasteiger partial charge in [-0.15, -0.1) is 0 Å². The fourth-order valence-corrected chi connectivity index (χ4v) is 3.50. The molecule has 0 saturated heterocycles. The third-order valence-corrected chi connectivity index (χ3v) is 5.02. The van der Waals surface area contributed by atoms with Crippen LogP contribution in [0.2, 0.25) is 0 Å². The summed E-state index contributed by atoms with van der Waals surface area (Å²) in [5, 5.41) is 8.32. The lowest BCUT2D eigenvalue weighted by molar-refractivity contribution is -0.129. The molecule has 30 heavy (non-hydrogen) atoms. The van der Waals surface area contributed by atoms with Crippen LogP contribution in [-0.2, 0) is 14.4 Å². The molecule has 3 N–H and O–H groups in total. The second-order valence-electron chi connectivity index (χ2n) is 8.11. The van der Waals surface area contributed by atoms with Gasteiger partial charge < -0.3 is 20.9 Å². The average Bonchev–Trinajstić information content (AvgIpc) is 2.75. The summed E-state index contributed by atoms with van der Waals surface area (Å²) in [4.78, 5) is 52.1. The van der Waals surface area contributed by atoms with Crippen molar-refractivity contribution in [3.63, 3.8) is 0 Å². The maximum Gasteiger partial charge on any atom is 0.257 e. The summed E-state index contributed by atoms with van der Waals surface area (Å²) in [6.45, 7) is 9.51. The number of anilines is 2. The van der Waals surface area contributed by atoms with E-state index in [1.807, 2.05) is 20.8 Å². The van der Waals surface area contributed by atoms with Crippen molar-refractivity contribution in [3.05, 3.63) is 23.8 Å². The van der Waals surface area contributed by atoms with Crippen LogP contribution in [0.3, 0.4) is 0 Å². The second-order valence-corrected chi connectivity index (χ2v) is 8.11. The van der Waals surface area contributed by atoms with Crippen LogP contribution in [0.5, 0.6) is 0 Å². The predicted molar refractivity (Wildman–Crippen MR) is 116 cm³/mol. The standard InChI is InChI=1S/C22H32N4O4/c1-6-7-10-23-21(29)19(11-13(2)3)26-14(4)20(28)25-18-9-8-16(24-15(5)27)12-17(18)22(26)30/h8-9,12-14,19H,6-7,10-11H2,1-5H3,(H,23,29)(H,24,27)(H,25,28)/t14-,19?/m0/s1. The molecule has 164 valence electrons. The third-order valence-electron chi connectivity index (χ3n) is 5.02. The molecule has 8 nitrogen and oxygen atoms in total. The summed E-state index contributed by atoms with van der Waals surface area (Å²) in [6, 6.07) is 3.15. The Labute approximate surface area is 177 Å². The Morgan fingerprint density at radius 1 is 1.23 bits per heavy atom. The van der Waals surface area contributed by atoms with Crippen LogP contribution in [-0.4, -0.2) is 47.2 Å². The van der Waals surface area contributed by atoms with Crippen LogP contribution in [0.4, 0.5) is 11.4 Å². The van der Waals surface area contributed by atoms with Gasteiger partial charge in [-0.3, -0.25) is 19.2 Å². The molecule has 1 aliphatic heterocycles. The molecule has 1 unspecified atom stereocenters. The highest BCUT2D eigenvalue weighted by Crippen LogP contribution is 2.29. The molecule has 0 aliphatic carbocycles. The lowest BCUT2D eigenvalue weighted by atomic mass is 9.99. The van der Waals surface area contributed by atoms with Gasteiger partial charge in [0.1, 0.15) is 12.1 Å². The molecule has 4 amide bonds. The highest BCUT2D eigenvalue weighted by Gasteiger charge is 2.40. The van der Waals surface area contributed by atoms with Gasteiger partial charge in [0, 0.05) is 19.2 Å². The first-order valence-electron chi connectivity index (χ1n) is 10.5. The zero-order valence-corrected chi connectivity index (χ0v) is 18.4. The first-order valence-corrected chi connectivity index (χ1v) is 10.5. The van der Waals surface area contributed by atoms with Crippen molar-refractivity contribution in [2.45, 2.75) is 66.0 Å². The van der Waals surface area contributed by atoms with E-state index in [0.717, 1.165) is 12.8 Å². The number of nitrogens with one attached hydrogen (secondary N) is 3. The Kier molecular flexibility index (Phi) is 7.97. The summed E-state index contributed by atoms with van der Waals surface area (Å²) in [5.41, 5.74) is 1.06. The maximum atomic E-state index is 13.5. The molecule has 0 aromatic heterocycles. The van der Waals surface area contributed by atoms with E-state index in [9.17, 15) is 19.2 Å². The van der Waals surface area contributed by atoms with Gasteiger partial charge >= 0.3 is 0 Å². The van der Waals surface area contributed by atoms with Crippen molar-refractivity contribution in [1.29, 1.82) is 0 Å². The summed E-state index contributed by atoms with van der Waals surface area (Å²) >= 11 is 0. The SMILES string of the molecule is CCCCNC(=O)C(CC(C)C)N1C(=O)c2cc(NC(C)=O)ccc2NC(=O)[C@@H]1C. The monoisotopic (exact) mass is 416 g/mol. The summed E-state index contributed by atoms with van der Waals surface area (Å²) in [7, 11) is 0. The molecular formula is C22H32N4O4. The molecule has 0 spiro atoms. The lowest BCUT2D eigenvalue weighted by Crippen LogP contribution is -2.55. The summed E-state index contributed by atoms with van der Waals surface area (Å²) in [6.07, 6.45) is 2.21. The van der Waals surface area contributed by atoms with E-state index < -0.39 is 18.0 Å². The van der Waals surface area contributed by atoms with E-state index in [1.165, 1.54) is 17.9 Å². The third kappa shape index (κ3) is 5.58. The Hall–Kier alpha value is -2.90. The first-order chi connectivity index (χ1) is 14.1. The molecular weight excluding hydrogens is 384 g/mol. The Bertz CT molecular complexity index is 821.